The molecule has 1 heterocycles. The van der Waals surface area contributed by atoms with Gasteiger partial charge in [-0.2, -0.15) is 5.10 Å². The molecule has 6 rings (SSSR count). The largest absolute Gasteiger partial charge is 0.452 e. The predicted molar refractivity (Wildman–Crippen MR) is 136 cm³/mol. The first-order valence-corrected chi connectivity index (χ1v) is 13.1. The molecular formula is C27H31Cl2N3O3. The Morgan fingerprint density at radius 3 is 2.31 bits per heavy atom. The van der Waals surface area contributed by atoms with Crippen molar-refractivity contribution in [2.75, 3.05) is 6.61 Å². The molecule has 0 radical (unpaired) electrons. The van der Waals surface area contributed by atoms with Crippen LogP contribution in [0.1, 0.15) is 61.0 Å². The lowest BCUT2D eigenvalue weighted by molar-refractivity contribution is -0.145. The van der Waals surface area contributed by atoms with Gasteiger partial charge in [-0.05, 0) is 88.3 Å². The van der Waals surface area contributed by atoms with E-state index in [1.165, 1.54) is 25.3 Å². The number of amides is 1. The topological polar surface area (TPSA) is 73.2 Å². The molecular weight excluding hydrogens is 485 g/mol. The summed E-state index contributed by atoms with van der Waals surface area (Å²) in [5.41, 5.74) is 3.18. The van der Waals surface area contributed by atoms with Crippen LogP contribution >= 0.6 is 23.2 Å². The fraction of sp³-hybridized carbons (Fsp3) is 0.519. The number of aryl methyl sites for hydroxylation is 1. The van der Waals surface area contributed by atoms with E-state index in [1.807, 2.05) is 18.5 Å². The van der Waals surface area contributed by atoms with Gasteiger partial charge in [0.2, 0.25) is 0 Å². The zero-order valence-corrected chi connectivity index (χ0v) is 21.7. The fourth-order valence-corrected chi connectivity index (χ4v) is 7.39. The van der Waals surface area contributed by atoms with Crippen LogP contribution in [0.4, 0.5) is 0 Å². The lowest BCUT2D eigenvalue weighted by atomic mass is 9.53. The second-order valence-corrected chi connectivity index (χ2v) is 11.4. The van der Waals surface area contributed by atoms with Gasteiger partial charge in [0.1, 0.15) is 0 Å². The summed E-state index contributed by atoms with van der Waals surface area (Å²) in [6, 6.07) is 5.40. The van der Waals surface area contributed by atoms with E-state index in [9.17, 15) is 9.59 Å². The molecule has 1 aromatic heterocycles. The van der Waals surface area contributed by atoms with E-state index in [1.54, 1.807) is 24.3 Å². The molecule has 0 atom stereocenters. The highest BCUT2D eigenvalue weighted by Crippen LogP contribution is 2.55. The summed E-state index contributed by atoms with van der Waals surface area (Å²) in [7, 11) is 0. The van der Waals surface area contributed by atoms with Crippen LogP contribution in [0.15, 0.2) is 24.3 Å². The fourth-order valence-electron chi connectivity index (χ4n) is 6.87. The van der Waals surface area contributed by atoms with Crippen LogP contribution in [-0.2, 0) is 20.9 Å². The van der Waals surface area contributed by atoms with Crippen LogP contribution in [0.2, 0.25) is 10.0 Å². The Hall–Kier alpha value is -2.31. The highest BCUT2D eigenvalue weighted by molar-refractivity contribution is 6.35. The number of benzene rings is 1. The van der Waals surface area contributed by atoms with Gasteiger partial charge in [0.05, 0.1) is 12.2 Å². The number of halogens is 2. The number of rotatable bonds is 7. The Balaban J connectivity index is 1.17. The van der Waals surface area contributed by atoms with E-state index < -0.39 is 5.97 Å². The molecule has 1 amide bonds. The summed E-state index contributed by atoms with van der Waals surface area (Å²) >= 11 is 12.6. The van der Waals surface area contributed by atoms with E-state index in [0.717, 1.165) is 59.5 Å². The van der Waals surface area contributed by atoms with Gasteiger partial charge in [-0.3, -0.25) is 9.48 Å². The maximum atomic E-state index is 12.6. The van der Waals surface area contributed by atoms with Gasteiger partial charge in [-0.1, -0.05) is 29.3 Å². The molecule has 0 saturated heterocycles. The molecule has 0 unspecified atom stereocenters. The van der Waals surface area contributed by atoms with Gasteiger partial charge in [0, 0.05) is 38.5 Å². The number of ether oxygens (including phenoxy) is 1. The lowest BCUT2D eigenvalue weighted by Gasteiger charge is -2.56. The van der Waals surface area contributed by atoms with Crippen molar-refractivity contribution in [2.45, 2.75) is 64.5 Å². The number of nitrogens with zero attached hydrogens (tertiary/aromatic N) is 2. The molecule has 0 spiro atoms. The smallest absolute Gasteiger partial charge is 0.331 e. The highest BCUT2D eigenvalue weighted by Gasteiger charge is 2.51. The third kappa shape index (κ3) is 5.14. The van der Waals surface area contributed by atoms with Gasteiger partial charge < -0.3 is 10.1 Å². The lowest BCUT2D eigenvalue weighted by Crippen LogP contribution is -2.60. The molecule has 4 fully saturated rings. The quantitative estimate of drug-likeness (QED) is 0.390. The van der Waals surface area contributed by atoms with Crippen molar-refractivity contribution in [2.24, 2.45) is 17.8 Å². The normalized spacial score (nSPS) is 26.9. The predicted octanol–water partition coefficient (Wildman–Crippen LogP) is 5.50. The maximum Gasteiger partial charge on any atom is 0.331 e. The third-order valence-electron chi connectivity index (χ3n) is 7.98. The number of aromatic nitrogens is 2. The van der Waals surface area contributed by atoms with Crippen LogP contribution in [0, 0.1) is 31.6 Å². The Kier molecular flexibility index (Phi) is 6.71. The molecule has 0 aliphatic heterocycles. The van der Waals surface area contributed by atoms with E-state index in [-0.39, 0.29) is 18.1 Å². The van der Waals surface area contributed by atoms with E-state index in [4.69, 9.17) is 27.9 Å². The summed E-state index contributed by atoms with van der Waals surface area (Å²) in [6.07, 6.45) is 10.2. The minimum absolute atomic E-state index is 0.0819. The van der Waals surface area contributed by atoms with Crippen molar-refractivity contribution < 1.29 is 14.3 Å². The van der Waals surface area contributed by atoms with Crippen molar-refractivity contribution >= 4 is 41.2 Å². The number of carbonyl (C=O) groups excluding carboxylic acids is 2. The Morgan fingerprint density at radius 2 is 1.71 bits per heavy atom. The minimum Gasteiger partial charge on any atom is -0.452 e. The molecule has 8 heteroatoms. The second kappa shape index (κ2) is 9.62. The summed E-state index contributed by atoms with van der Waals surface area (Å²) in [5, 5.41) is 8.97. The first kappa shape index (κ1) is 24.4. The number of hydrogen-bond acceptors (Lipinski definition) is 4. The number of hydrogen-bond donors (Lipinski definition) is 1. The number of esters is 1. The molecule has 35 heavy (non-hydrogen) atoms. The van der Waals surface area contributed by atoms with Crippen LogP contribution < -0.4 is 5.32 Å². The standard InChI is InChI=1S/C27H31Cl2N3O3/c1-16-21(17(2)32(31-16)14-22-23(28)4-3-5-24(22)29)6-7-26(34)35-15-25(33)30-27-11-18-8-19(12-27)10-20(9-18)13-27/h3-7,18-20H,8-15H2,1-2H3,(H,30,33)/b7-6+. The van der Waals surface area contributed by atoms with Crippen LogP contribution in [0.5, 0.6) is 0 Å². The second-order valence-electron chi connectivity index (χ2n) is 10.6. The van der Waals surface area contributed by atoms with Gasteiger partial charge in [0.25, 0.3) is 5.91 Å². The molecule has 1 N–H and O–H groups in total. The maximum absolute atomic E-state index is 12.6. The average molecular weight is 516 g/mol. The van der Waals surface area contributed by atoms with Crippen LogP contribution in [0.3, 0.4) is 0 Å². The molecule has 1 aromatic carbocycles. The Bertz CT molecular complexity index is 1130. The van der Waals surface area contributed by atoms with Gasteiger partial charge >= 0.3 is 5.97 Å². The first-order chi connectivity index (χ1) is 16.7. The SMILES string of the molecule is Cc1nn(Cc2c(Cl)cccc2Cl)c(C)c1/C=C/C(=O)OCC(=O)NC12CC3CC(CC(C3)C1)C2. The van der Waals surface area contributed by atoms with Crippen molar-refractivity contribution in [1.82, 2.24) is 15.1 Å². The summed E-state index contributed by atoms with van der Waals surface area (Å²) in [6.45, 7) is 3.97. The number of carbonyl (C=O) groups is 2. The Labute approximate surface area is 216 Å². The molecule has 4 saturated carbocycles. The molecule has 4 aliphatic carbocycles. The van der Waals surface area contributed by atoms with Crippen molar-refractivity contribution in [3.05, 3.63) is 56.8 Å². The summed E-state index contributed by atoms with van der Waals surface area (Å²) in [4.78, 5) is 24.9. The minimum atomic E-state index is -0.550. The molecule has 186 valence electrons. The molecule has 2 aromatic rings. The highest BCUT2D eigenvalue weighted by atomic mass is 35.5. The van der Waals surface area contributed by atoms with E-state index >= 15 is 0 Å². The van der Waals surface area contributed by atoms with Crippen molar-refractivity contribution in [3.63, 3.8) is 0 Å². The van der Waals surface area contributed by atoms with Gasteiger partial charge in [-0.25, -0.2) is 4.79 Å². The summed E-state index contributed by atoms with van der Waals surface area (Å²) < 4.78 is 7.07. The third-order valence-corrected chi connectivity index (χ3v) is 8.69. The van der Waals surface area contributed by atoms with Crippen LogP contribution in [0.25, 0.3) is 6.08 Å². The Morgan fingerprint density at radius 1 is 1.11 bits per heavy atom. The first-order valence-electron chi connectivity index (χ1n) is 12.3. The summed E-state index contributed by atoms with van der Waals surface area (Å²) in [5.74, 6) is 1.48. The monoisotopic (exact) mass is 515 g/mol. The zero-order valence-electron chi connectivity index (χ0n) is 20.2. The van der Waals surface area contributed by atoms with Crippen molar-refractivity contribution in [3.8, 4) is 0 Å². The molecule has 6 nitrogen and oxygen atoms in total. The van der Waals surface area contributed by atoms with Gasteiger partial charge in [-0.15, -0.1) is 0 Å². The van der Waals surface area contributed by atoms with E-state index in [0.29, 0.717) is 16.6 Å². The van der Waals surface area contributed by atoms with E-state index in [2.05, 4.69) is 10.4 Å². The zero-order chi connectivity index (χ0) is 24.7. The van der Waals surface area contributed by atoms with Crippen molar-refractivity contribution in [1.29, 1.82) is 0 Å². The molecule has 4 bridgehead atoms. The average Bonchev–Trinajstić information content (AvgIpc) is 3.04. The van der Waals surface area contributed by atoms with Gasteiger partial charge in [0.15, 0.2) is 6.61 Å². The molecule has 4 aliphatic rings. The van der Waals surface area contributed by atoms with Crippen LogP contribution in [-0.4, -0.2) is 33.8 Å². The number of nitrogens with one attached hydrogen (secondary N) is 1.